The molecular weight excluding hydrogens is 222 g/mol. The van der Waals surface area contributed by atoms with Crippen LogP contribution in [0.25, 0.3) is 11.3 Å². The fraction of sp³-hybridized carbons (Fsp3) is 0.375. The molecule has 2 nitrogen and oxygen atoms in total. The van der Waals surface area contributed by atoms with Crippen LogP contribution in [0.4, 0.5) is 0 Å². The lowest BCUT2D eigenvalue weighted by molar-refractivity contribution is 0.439. The predicted molar refractivity (Wildman–Crippen MR) is 75.6 cm³/mol. The largest absolute Gasteiger partial charge is 0.459 e. The monoisotopic (exact) mass is 243 g/mol. The van der Waals surface area contributed by atoms with Gasteiger partial charge in [0, 0.05) is 5.56 Å². The van der Waals surface area contributed by atoms with Gasteiger partial charge in [-0.15, -0.1) is 0 Å². The second kappa shape index (κ2) is 5.87. The molecule has 1 N–H and O–H groups in total. The van der Waals surface area contributed by atoms with E-state index in [1.807, 2.05) is 6.07 Å². The van der Waals surface area contributed by atoms with E-state index in [2.05, 4.69) is 56.4 Å². The van der Waals surface area contributed by atoms with E-state index in [1.165, 1.54) is 5.56 Å². The average molecular weight is 243 g/mol. The number of rotatable bonds is 5. The van der Waals surface area contributed by atoms with E-state index in [9.17, 15) is 0 Å². The zero-order valence-electron chi connectivity index (χ0n) is 11.4. The molecule has 2 aromatic rings. The molecule has 0 spiro atoms. The molecule has 0 aliphatic rings. The van der Waals surface area contributed by atoms with E-state index in [4.69, 9.17) is 4.42 Å². The first-order valence-electron chi connectivity index (χ1n) is 6.61. The zero-order chi connectivity index (χ0) is 13.0. The SMILES string of the molecule is CCCNC(C)c1ccc(-c2cccc(C)c2)o1. The van der Waals surface area contributed by atoms with E-state index in [-0.39, 0.29) is 6.04 Å². The minimum Gasteiger partial charge on any atom is -0.459 e. The van der Waals surface area contributed by atoms with Gasteiger partial charge in [-0.1, -0.05) is 30.7 Å². The van der Waals surface area contributed by atoms with Crippen LogP contribution in [0.1, 0.15) is 37.6 Å². The van der Waals surface area contributed by atoms with E-state index in [0.717, 1.165) is 30.0 Å². The maximum Gasteiger partial charge on any atom is 0.134 e. The first kappa shape index (κ1) is 12.9. The molecule has 1 unspecified atom stereocenters. The molecule has 0 radical (unpaired) electrons. The Balaban J connectivity index is 2.15. The third kappa shape index (κ3) is 3.02. The number of benzene rings is 1. The summed E-state index contributed by atoms with van der Waals surface area (Å²) in [7, 11) is 0. The molecule has 1 atom stereocenters. The highest BCUT2D eigenvalue weighted by Gasteiger charge is 2.10. The molecule has 0 saturated carbocycles. The van der Waals surface area contributed by atoms with Crippen LogP contribution in [-0.2, 0) is 0 Å². The summed E-state index contributed by atoms with van der Waals surface area (Å²) >= 11 is 0. The van der Waals surface area contributed by atoms with Crippen LogP contribution in [0.5, 0.6) is 0 Å². The van der Waals surface area contributed by atoms with Gasteiger partial charge in [0.1, 0.15) is 11.5 Å². The zero-order valence-corrected chi connectivity index (χ0v) is 11.4. The molecule has 0 bridgehead atoms. The third-order valence-electron chi connectivity index (χ3n) is 3.06. The Bertz CT molecular complexity index is 501. The van der Waals surface area contributed by atoms with Crippen LogP contribution >= 0.6 is 0 Å². The van der Waals surface area contributed by atoms with Gasteiger partial charge in [0.15, 0.2) is 0 Å². The highest BCUT2D eigenvalue weighted by atomic mass is 16.3. The van der Waals surface area contributed by atoms with Crippen molar-refractivity contribution in [2.24, 2.45) is 0 Å². The molecule has 2 rings (SSSR count). The van der Waals surface area contributed by atoms with Crippen molar-refractivity contribution in [3.05, 3.63) is 47.7 Å². The number of furan rings is 1. The minimum absolute atomic E-state index is 0.267. The van der Waals surface area contributed by atoms with Gasteiger partial charge in [-0.2, -0.15) is 0 Å². The smallest absolute Gasteiger partial charge is 0.134 e. The quantitative estimate of drug-likeness (QED) is 0.846. The summed E-state index contributed by atoms with van der Waals surface area (Å²) in [4.78, 5) is 0. The Morgan fingerprint density at radius 1 is 1.22 bits per heavy atom. The maximum atomic E-state index is 5.92. The van der Waals surface area contributed by atoms with Gasteiger partial charge in [0.2, 0.25) is 0 Å². The van der Waals surface area contributed by atoms with Gasteiger partial charge in [0.05, 0.1) is 6.04 Å². The molecule has 0 aliphatic heterocycles. The van der Waals surface area contributed by atoms with Crippen LogP contribution in [-0.4, -0.2) is 6.54 Å². The van der Waals surface area contributed by atoms with Crippen LogP contribution < -0.4 is 5.32 Å². The Kier molecular flexibility index (Phi) is 4.21. The molecule has 18 heavy (non-hydrogen) atoms. The molecule has 0 saturated heterocycles. The molecule has 1 aromatic heterocycles. The van der Waals surface area contributed by atoms with Crippen molar-refractivity contribution in [3.63, 3.8) is 0 Å². The van der Waals surface area contributed by atoms with Crippen molar-refractivity contribution >= 4 is 0 Å². The van der Waals surface area contributed by atoms with Gasteiger partial charge in [-0.3, -0.25) is 0 Å². The first-order chi connectivity index (χ1) is 8.70. The number of aryl methyl sites for hydroxylation is 1. The van der Waals surface area contributed by atoms with Crippen molar-refractivity contribution in [3.8, 4) is 11.3 Å². The maximum absolute atomic E-state index is 5.92. The Morgan fingerprint density at radius 3 is 2.78 bits per heavy atom. The lowest BCUT2D eigenvalue weighted by Crippen LogP contribution is -2.18. The lowest BCUT2D eigenvalue weighted by Gasteiger charge is -2.09. The fourth-order valence-electron chi connectivity index (χ4n) is 2.00. The normalized spacial score (nSPS) is 12.6. The van der Waals surface area contributed by atoms with Crippen LogP contribution in [0.15, 0.2) is 40.8 Å². The number of nitrogens with one attached hydrogen (secondary N) is 1. The van der Waals surface area contributed by atoms with Crippen molar-refractivity contribution < 1.29 is 4.42 Å². The van der Waals surface area contributed by atoms with E-state index in [0.29, 0.717) is 0 Å². The molecular formula is C16H21NO. The predicted octanol–water partition coefficient (Wildman–Crippen LogP) is 4.32. The summed E-state index contributed by atoms with van der Waals surface area (Å²) in [5.41, 5.74) is 2.39. The van der Waals surface area contributed by atoms with Crippen molar-refractivity contribution in [1.82, 2.24) is 5.32 Å². The summed E-state index contributed by atoms with van der Waals surface area (Å²) in [6.45, 7) is 7.41. The third-order valence-corrected chi connectivity index (χ3v) is 3.06. The van der Waals surface area contributed by atoms with Gasteiger partial charge in [-0.25, -0.2) is 0 Å². The van der Waals surface area contributed by atoms with E-state index < -0.39 is 0 Å². The molecule has 1 aromatic carbocycles. The molecule has 96 valence electrons. The molecule has 0 amide bonds. The van der Waals surface area contributed by atoms with E-state index >= 15 is 0 Å². The summed E-state index contributed by atoms with van der Waals surface area (Å²) in [5.74, 6) is 1.94. The van der Waals surface area contributed by atoms with Crippen molar-refractivity contribution in [1.29, 1.82) is 0 Å². The van der Waals surface area contributed by atoms with E-state index in [1.54, 1.807) is 0 Å². The molecule has 2 heteroatoms. The standard InChI is InChI=1S/C16H21NO/c1-4-10-17-13(3)15-8-9-16(18-15)14-7-5-6-12(2)11-14/h5-9,11,13,17H,4,10H2,1-3H3. The number of hydrogen-bond acceptors (Lipinski definition) is 2. The highest BCUT2D eigenvalue weighted by molar-refractivity contribution is 5.58. The second-order valence-electron chi connectivity index (χ2n) is 4.75. The first-order valence-corrected chi connectivity index (χ1v) is 6.61. The molecule has 0 fully saturated rings. The number of hydrogen-bond donors (Lipinski definition) is 1. The van der Waals surface area contributed by atoms with Crippen molar-refractivity contribution in [2.75, 3.05) is 6.54 Å². The summed E-state index contributed by atoms with van der Waals surface area (Å²) in [5, 5.41) is 3.43. The Hall–Kier alpha value is -1.54. The van der Waals surface area contributed by atoms with Gasteiger partial charge in [-0.05, 0) is 45.0 Å². The highest BCUT2D eigenvalue weighted by Crippen LogP contribution is 2.25. The van der Waals surface area contributed by atoms with Crippen LogP contribution in [0.3, 0.4) is 0 Å². The summed E-state index contributed by atoms with van der Waals surface area (Å²) in [6.07, 6.45) is 1.13. The Labute approximate surface area is 109 Å². The van der Waals surface area contributed by atoms with Crippen molar-refractivity contribution in [2.45, 2.75) is 33.2 Å². The van der Waals surface area contributed by atoms with Gasteiger partial charge in [0.25, 0.3) is 0 Å². The molecule has 1 heterocycles. The summed E-state index contributed by atoms with van der Waals surface area (Å²) < 4.78 is 5.92. The van der Waals surface area contributed by atoms with Crippen LogP contribution in [0, 0.1) is 6.92 Å². The Morgan fingerprint density at radius 2 is 2.06 bits per heavy atom. The lowest BCUT2D eigenvalue weighted by atomic mass is 10.1. The molecule has 0 aliphatic carbocycles. The van der Waals surface area contributed by atoms with Gasteiger partial charge < -0.3 is 9.73 Å². The summed E-state index contributed by atoms with van der Waals surface area (Å²) in [6, 6.07) is 12.8. The minimum atomic E-state index is 0.267. The van der Waals surface area contributed by atoms with Gasteiger partial charge >= 0.3 is 0 Å². The topological polar surface area (TPSA) is 25.2 Å². The fourth-order valence-corrected chi connectivity index (χ4v) is 2.00. The average Bonchev–Trinajstić information content (AvgIpc) is 2.85. The second-order valence-corrected chi connectivity index (χ2v) is 4.75. The van der Waals surface area contributed by atoms with Crippen LogP contribution in [0.2, 0.25) is 0 Å².